The van der Waals surface area contributed by atoms with Crippen LogP contribution in [-0.2, 0) is 0 Å². The predicted octanol–water partition coefficient (Wildman–Crippen LogP) is 2.92. The van der Waals surface area contributed by atoms with E-state index in [0.717, 1.165) is 69.4 Å². The minimum atomic E-state index is -0.0639. The Morgan fingerprint density at radius 3 is 2.29 bits per heavy atom. The standard InChI is InChI=1S/C23H32N6O2/c1-17-16-18(2)25-22(24-17)28-10-8-19(9-11-28)27-12-14-29(15-13-27)23(30)26-20-6-4-5-7-21(20)31-3/h4-7,16,19H,8-15H2,1-3H3,(H,26,30). The van der Waals surface area contributed by atoms with Gasteiger partial charge < -0.3 is 19.9 Å². The van der Waals surface area contributed by atoms with E-state index in [2.05, 4.69) is 25.1 Å². The average molecular weight is 425 g/mol. The van der Waals surface area contributed by atoms with Gasteiger partial charge in [0.1, 0.15) is 5.75 Å². The zero-order valence-corrected chi connectivity index (χ0v) is 18.7. The number of amides is 2. The molecule has 4 rings (SSSR count). The molecule has 31 heavy (non-hydrogen) atoms. The second-order valence-corrected chi connectivity index (χ2v) is 8.32. The first-order valence-electron chi connectivity index (χ1n) is 11.0. The Hall–Kier alpha value is -2.87. The van der Waals surface area contributed by atoms with Crippen LogP contribution < -0.4 is 15.0 Å². The summed E-state index contributed by atoms with van der Waals surface area (Å²) in [6, 6.07) is 10.0. The fourth-order valence-corrected chi connectivity index (χ4v) is 4.51. The molecule has 1 aromatic heterocycles. The number of anilines is 2. The van der Waals surface area contributed by atoms with Crippen molar-refractivity contribution in [3.8, 4) is 5.75 Å². The molecule has 2 fully saturated rings. The Labute approximate surface area is 184 Å². The largest absolute Gasteiger partial charge is 0.495 e. The minimum Gasteiger partial charge on any atom is -0.495 e. The van der Waals surface area contributed by atoms with E-state index >= 15 is 0 Å². The number of hydrogen-bond acceptors (Lipinski definition) is 6. The van der Waals surface area contributed by atoms with Crippen LogP contribution in [0.1, 0.15) is 24.2 Å². The van der Waals surface area contributed by atoms with Crippen LogP contribution in [0.3, 0.4) is 0 Å². The second-order valence-electron chi connectivity index (χ2n) is 8.32. The minimum absolute atomic E-state index is 0.0639. The van der Waals surface area contributed by atoms with E-state index in [1.165, 1.54) is 0 Å². The quantitative estimate of drug-likeness (QED) is 0.814. The number of para-hydroxylation sites is 2. The fraction of sp³-hybridized carbons (Fsp3) is 0.522. The van der Waals surface area contributed by atoms with Crippen LogP contribution in [-0.4, -0.2) is 78.2 Å². The lowest BCUT2D eigenvalue weighted by atomic mass is 10.0. The highest BCUT2D eigenvalue weighted by Crippen LogP contribution is 2.24. The van der Waals surface area contributed by atoms with E-state index in [1.807, 2.05) is 49.1 Å². The zero-order chi connectivity index (χ0) is 21.8. The van der Waals surface area contributed by atoms with Crippen LogP contribution in [0.15, 0.2) is 30.3 Å². The molecule has 2 aliphatic rings. The highest BCUT2D eigenvalue weighted by molar-refractivity contribution is 5.91. The molecule has 0 saturated carbocycles. The number of piperidine rings is 1. The van der Waals surface area contributed by atoms with Gasteiger partial charge in [-0.2, -0.15) is 0 Å². The lowest BCUT2D eigenvalue weighted by molar-refractivity contribution is 0.101. The highest BCUT2D eigenvalue weighted by Gasteiger charge is 2.29. The Balaban J connectivity index is 1.26. The van der Waals surface area contributed by atoms with Crippen molar-refractivity contribution < 1.29 is 9.53 Å². The maximum Gasteiger partial charge on any atom is 0.322 e. The van der Waals surface area contributed by atoms with E-state index < -0.39 is 0 Å². The lowest BCUT2D eigenvalue weighted by Gasteiger charge is -2.42. The normalized spacial score (nSPS) is 18.2. The molecular formula is C23H32N6O2. The lowest BCUT2D eigenvalue weighted by Crippen LogP contribution is -2.55. The third-order valence-electron chi connectivity index (χ3n) is 6.18. The number of rotatable bonds is 4. The van der Waals surface area contributed by atoms with Crippen molar-refractivity contribution in [3.05, 3.63) is 41.7 Å². The van der Waals surface area contributed by atoms with Gasteiger partial charge >= 0.3 is 6.03 Å². The number of urea groups is 1. The molecule has 2 saturated heterocycles. The van der Waals surface area contributed by atoms with Gasteiger partial charge in [0.25, 0.3) is 0 Å². The molecule has 0 radical (unpaired) electrons. The SMILES string of the molecule is COc1ccccc1NC(=O)N1CCN(C2CCN(c3nc(C)cc(C)n3)CC2)CC1. The Kier molecular flexibility index (Phi) is 6.56. The van der Waals surface area contributed by atoms with E-state index in [1.54, 1.807) is 7.11 Å². The second kappa shape index (κ2) is 9.51. The van der Waals surface area contributed by atoms with Gasteiger partial charge in [0.15, 0.2) is 0 Å². The molecule has 2 amide bonds. The first kappa shape index (κ1) is 21.4. The average Bonchev–Trinajstić information content (AvgIpc) is 2.79. The summed E-state index contributed by atoms with van der Waals surface area (Å²) in [5.74, 6) is 1.53. The summed E-state index contributed by atoms with van der Waals surface area (Å²) in [6.07, 6.45) is 2.20. The number of ether oxygens (including phenoxy) is 1. The van der Waals surface area contributed by atoms with Crippen molar-refractivity contribution in [1.82, 2.24) is 19.8 Å². The van der Waals surface area contributed by atoms with Crippen LogP contribution in [0.25, 0.3) is 0 Å². The fourth-order valence-electron chi connectivity index (χ4n) is 4.51. The molecule has 0 aliphatic carbocycles. The summed E-state index contributed by atoms with van der Waals surface area (Å²) in [5.41, 5.74) is 2.75. The summed E-state index contributed by atoms with van der Waals surface area (Å²) in [4.78, 5) is 28.6. The van der Waals surface area contributed by atoms with E-state index in [4.69, 9.17) is 4.74 Å². The third kappa shape index (κ3) is 5.07. The number of methoxy groups -OCH3 is 1. The molecule has 166 valence electrons. The summed E-state index contributed by atoms with van der Waals surface area (Å²) in [5, 5.41) is 2.98. The van der Waals surface area contributed by atoms with Gasteiger partial charge in [0, 0.05) is 56.7 Å². The highest BCUT2D eigenvalue weighted by atomic mass is 16.5. The van der Waals surface area contributed by atoms with Crippen LogP contribution in [0.4, 0.5) is 16.4 Å². The molecular weight excluding hydrogens is 392 g/mol. The molecule has 2 aliphatic heterocycles. The van der Waals surface area contributed by atoms with Crippen LogP contribution in [0.5, 0.6) is 5.75 Å². The van der Waals surface area contributed by atoms with Crippen molar-refractivity contribution in [2.75, 3.05) is 56.6 Å². The topological polar surface area (TPSA) is 73.8 Å². The maximum atomic E-state index is 12.7. The van der Waals surface area contributed by atoms with Crippen molar-refractivity contribution in [2.45, 2.75) is 32.7 Å². The number of benzene rings is 1. The molecule has 0 atom stereocenters. The third-order valence-corrected chi connectivity index (χ3v) is 6.18. The molecule has 0 spiro atoms. The van der Waals surface area contributed by atoms with Gasteiger partial charge in [-0.1, -0.05) is 12.1 Å². The molecule has 8 heteroatoms. The number of aryl methyl sites for hydroxylation is 2. The van der Waals surface area contributed by atoms with Gasteiger partial charge in [-0.15, -0.1) is 0 Å². The van der Waals surface area contributed by atoms with Gasteiger partial charge in [-0.05, 0) is 44.9 Å². The predicted molar refractivity (Wildman–Crippen MR) is 122 cm³/mol. The number of carbonyl (C=O) groups excluding carboxylic acids is 1. The van der Waals surface area contributed by atoms with E-state index in [9.17, 15) is 4.79 Å². The summed E-state index contributed by atoms with van der Waals surface area (Å²) in [6.45, 7) is 9.28. The van der Waals surface area contributed by atoms with Gasteiger partial charge in [0.2, 0.25) is 5.95 Å². The molecule has 3 heterocycles. The number of carbonyl (C=O) groups is 1. The molecule has 0 unspecified atom stereocenters. The summed E-state index contributed by atoms with van der Waals surface area (Å²) >= 11 is 0. The number of hydrogen-bond donors (Lipinski definition) is 1. The van der Waals surface area contributed by atoms with Crippen molar-refractivity contribution >= 4 is 17.7 Å². The number of piperazine rings is 1. The van der Waals surface area contributed by atoms with E-state index in [0.29, 0.717) is 17.5 Å². The van der Waals surface area contributed by atoms with E-state index in [-0.39, 0.29) is 6.03 Å². The summed E-state index contributed by atoms with van der Waals surface area (Å²) < 4.78 is 5.33. The van der Waals surface area contributed by atoms with Crippen molar-refractivity contribution in [1.29, 1.82) is 0 Å². The first-order valence-corrected chi connectivity index (χ1v) is 11.0. The monoisotopic (exact) mass is 424 g/mol. The van der Waals surface area contributed by atoms with Gasteiger partial charge in [0.05, 0.1) is 12.8 Å². The maximum absolute atomic E-state index is 12.7. The Morgan fingerprint density at radius 2 is 1.65 bits per heavy atom. The zero-order valence-electron chi connectivity index (χ0n) is 18.7. The summed E-state index contributed by atoms with van der Waals surface area (Å²) in [7, 11) is 1.61. The molecule has 8 nitrogen and oxygen atoms in total. The van der Waals surface area contributed by atoms with Crippen molar-refractivity contribution in [3.63, 3.8) is 0 Å². The van der Waals surface area contributed by atoms with Crippen LogP contribution in [0.2, 0.25) is 0 Å². The molecule has 2 aromatic rings. The Bertz CT molecular complexity index is 884. The number of aromatic nitrogens is 2. The van der Waals surface area contributed by atoms with Crippen LogP contribution >= 0.6 is 0 Å². The smallest absolute Gasteiger partial charge is 0.322 e. The van der Waals surface area contributed by atoms with Crippen LogP contribution in [0, 0.1) is 13.8 Å². The Morgan fingerprint density at radius 1 is 1.00 bits per heavy atom. The van der Waals surface area contributed by atoms with Gasteiger partial charge in [-0.25, -0.2) is 14.8 Å². The van der Waals surface area contributed by atoms with Gasteiger partial charge in [-0.3, -0.25) is 4.90 Å². The first-order chi connectivity index (χ1) is 15.0. The number of nitrogens with one attached hydrogen (secondary N) is 1. The van der Waals surface area contributed by atoms with Crippen molar-refractivity contribution in [2.24, 2.45) is 0 Å². The molecule has 0 bridgehead atoms. The molecule has 1 aromatic carbocycles. The molecule has 1 N–H and O–H groups in total. The number of nitrogens with zero attached hydrogens (tertiary/aromatic N) is 5.